The van der Waals surface area contributed by atoms with Crippen LogP contribution >= 0.6 is 0 Å². The van der Waals surface area contributed by atoms with Gasteiger partial charge in [-0.25, -0.2) is 0 Å². The van der Waals surface area contributed by atoms with Crippen LogP contribution in [0.3, 0.4) is 0 Å². The molecule has 0 aliphatic carbocycles. The molecule has 104 valence electrons. The molecule has 0 unspecified atom stereocenters. The van der Waals surface area contributed by atoms with Gasteiger partial charge in [0.05, 0.1) is 17.4 Å². The second kappa shape index (κ2) is 6.57. The van der Waals surface area contributed by atoms with Crippen LogP contribution in [0.1, 0.15) is 32.6 Å². The molecule has 0 spiro atoms. The Bertz CT molecular complexity index is 427. The van der Waals surface area contributed by atoms with E-state index in [4.69, 9.17) is 5.73 Å². The van der Waals surface area contributed by atoms with Crippen molar-refractivity contribution in [3.8, 4) is 0 Å². The minimum Gasteiger partial charge on any atom is -0.370 e. The maximum atomic E-state index is 12.0. The van der Waals surface area contributed by atoms with Crippen LogP contribution in [-0.2, 0) is 4.79 Å². The molecule has 19 heavy (non-hydrogen) atoms. The molecular formula is C15H23N3O. The lowest BCUT2D eigenvalue weighted by atomic mass is 10.1. The quantitative estimate of drug-likeness (QED) is 0.855. The van der Waals surface area contributed by atoms with Crippen LogP contribution in [0.4, 0.5) is 11.4 Å². The summed E-state index contributed by atoms with van der Waals surface area (Å²) in [6.07, 6.45) is 4.08. The minimum atomic E-state index is -0.420. The summed E-state index contributed by atoms with van der Waals surface area (Å²) in [6, 6.07) is 7.54. The number of rotatable bonds is 5. The molecule has 1 atom stereocenters. The van der Waals surface area contributed by atoms with Crippen LogP contribution in [0.25, 0.3) is 0 Å². The first kappa shape index (κ1) is 13.9. The Morgan fingerprint density at radius 3 is 2.74 bits per heavy atom. The van der Waals surface area contributed by atoms with Gasteiger partial charge in [0.25, 0.3) is 0 Å². The zero-order chi connectivity index (χ0) is 13.7. The van der Waals surface area contributed by atoms with Crippen LogP contribution in [0.15, 0.2) is 24.3 Å². The molecule has 0 bridgehead atoms. The van der Waals surface area contributed by atoms with Crippen molar-refractivity contribution in [1.29, 1.82) is 0 Å². The highest BCUT2D eigenvalue weighted by Gasteiger charge is 2.18. The monoisotopic (exact) mass is 261 g/mol. The first-order valence-corrected chi connectivity index (χ1v) is 7.12. The number of anilines is 2. The largest absolute Gasteiger partial charge is 0.370 e. The van der Waals surface area contributed by atoms with Crippen molar-refractivity contribution >= 4 is 17.3 Å². The van der Waals surface area contributed by atoms with Crippen LogP contribution in [0.2, 0.25) is 0 Å². The lowest BCUT2D eigenvalue weighted by Gasteiger charge is -2.22. The van der Waals surface area contributed by atoms with Crippen molar-refractivity contribution in [2.75, 3.05) is 23.3 Å². The van der Waals surface area contributed by atoms with E-state index in [9.17, 15) is 4.79 Å². The molecule has 3 N–H and O–H groups in total. The average Bonchev–Trinajstić information content (AvgIpc) is 2.93. The Hall–Kier alpha value is -1.55. The van der Waals surface area contributed by atoms with E-state index >= 15 is 0 Å². The fourth-order valence-corrected chi connectivity index (χ4v) is 2.48. The van der Waals surface area contributed by atoms with Crippen molar-refractivity contribution in [1.82, 2.24) is 0 Å². The SMILES string of the molecule is CCC[C@@H](N)C(=O)Nc1ccccc1N1CCCC1. The second-order valence-electron chi connectivity index (χ2n) is 5.10. The van der Waals surface area contributed by atoms with Gasteiger partial charge in [-0.2, -0.15) is 0 Å². The molecule has 0 aromatic heterocycles. The summed E-state index contributed by atoms with van der Waals surface area (Å²) in [7, 11) is 0. The molecule has 1 aliphatic rings. The van der Waals surface area contributed by atoms with Crippen LogP contribution in [-0.4, -0.2) is 25.0 Å². The van der Waals surface area contributed by atoms with Gasteiger partial charge in [-0.05, 0) is 31.4 Å². The van der Waals surface area contributed by atoms with E-state index in [2.05, 4.69) is 16.3 Å². The highest BCUT2D eigenvalue weighted by Crippen LogP contribution is 2.28. The molecule has 1 fully saturated rings. The highest BCUT2D eigenvalue weighted by atomic mass is 16.2. The van der Waals surface area contributed by atoms with E-state index in [0.717, 1.165) is 37.3 Å². The third-order valence-electron chi connectivity index (χ3n) is 3.55. The molecule has 4 heteroatoms. The summed E-state index contributed by atoms with van der Waals surface area (Å²) in [4.78, 5) is 14.3. The Labute approximate surface area is 115 Å². The molecule has 1 heterocycles. The van der Waals surface area contributed by atoms with Crippen molar-refractivity contribution in [3.63, 3.8) is 0 Å². The van der Waals surface area contributed by atoms with Gasteiger partial charge in [0.15, 0.2) is 0 Å². The Kier molecular flexibility index (Phi) is 4.80. The summed E-state index contributed by atoms with van der Waals surface area (Å²) >= 11 is 0. The normalized spacial score (nSPS) is 16.4. The van der Waals surface area contributed by atoms with Crippen LogP contribution in [0, 0.1) is 0 Å². The summed E-state index contributed by atoms with van der Waals surface area (Å²) < 4.78 is 0. The number of amides is 1. The van der Waals surface area contributed by atoms with E-state index in [1.165, 1.54) is 12.8 Å². The van der Waals surface area contributed by atoms with E-state index in [1.807, 2.05) is 25.1 Å². The minimum absolute atomic E-state index is 0.0894. The summed E-state index contributed by atoms with van der Waals surface area (Å²) in [5.41, 5.74) is 7.84. The van der Waals surface area contributed by atoms with Gasteiger partial charge >= 0.3 is 0 Å². The maximum absolute atomic E-state index is 12.0. The van der Waals surface area contributed by atoms with Gasteiger partial charge < -0.3 is 16.0 Å². The Morgan fingerprint density at radius 2 is 2.05 bits per heavy atom. The number of nitrogens with one attached hydrogen (secondary N) is 1. The molecule has 1 aromatic rings. The fraction of sp³-hybridized carbons (Fsp3) is 0.533. The third kappa shape index (κ3) is 3.47. The first-order valence-electron chi connectivity index (χ1n) is 7.12. The van der Waals surface area contributed by atoms with Crippen LogP contribution < -0.4 is 16.0 Å². The number of benzene rings is 1. The van der Waals surface area contributed by atoms with Gasteiger partial charge in [-0.1, -0.05) is 25.5 Å². The van der Waals surface area contributed by atoms with E-state index < -0.39 is 6.04 Å². The number of hydrogen-bond acceptors (Lipinski definition) is 3. The zero-order valence-electron chi connectivity index (χ0n) is 11.6. The Balaban J connectivity index is 2.09. The molecule has 0 saturated carbocycles. The second-order valence-corrected chi connectivity index (χ2v) is 5.10. The summed E-state index contributed by atoms with van der Waals surface area (Å²) in [6.45, 7) is 4.16. The van der Waals surface area contributed by atoms with E-state index in [1.54, 1.807) is 0 Å². The van der Waals surface area contributed by atoms with Crippen LogP contribution in [0.5, 0.6) is 0 Å². The number of para-hydroxylation sites is 2. The van der Waals surface area contributed by atoms with Crippen molar-refractivity contribution in [2.24, 2.45) is 5.73 Å². The third-order valence-corrected chi connectivity index (χ3v) is 3.55. The standard InChI is InChI=1S/C15H23N3O/c1-2-7-12(16)15(19)17-13-8-3-4-9-14(13)18-10-5-6-11-18/h3-4,8-9,12H,2,5-7,10-11,16H2,1H3,(H,17,19)/t12-/m1/s1. The molecule has 1 aromatic carbocycles. The van der Waals surface area contributed by atoms with Gasteiger partial charge in [0, 0.05) is 13.1 Å². The average molecular weight is 261 g/mol. The van der Waals surface area contributed by atoms with Gasteiger partial charge in [0.1, 0.15) is 0 Å². The van der Waals surface area contributed by atoms with Crippen molar-refractivity contribution in [2.45, 2.75) is 38.6 Å². The van der Waals surface area contributed by atoms with Gasteiger partial charge in [-0.3, -0.25) is 4.79 Å². The number of carbonyl (C=O) groups is 1. The van der Waals surface area contributed by atoms with E-state index in [-0.39, 0.29) is 5.91 Å². The topological polar surface area (TPSA) is 58.4 Å². The number of nitrogens with zero attached hydrogens (tertiary/aromatic N) is 1. The maximum Gasteiger partial charge on any atom is 0.241 e. The number of nitrogens with two attached hydrogens (primary N) is 1. The lowest BCUT2D eigenvalue weighted by Crippen LogP contribution is -2.35. The molecular weight excluding hydrogens is 238 g/mol. The lowest BCUT2D eigenvalue weighted by molar-refractivity contribution is -0.117. The molecule has 0 radical (unpaired) electrons. The van der Waals surface area contributed by atoms with Gasteiger partial charge in [-0.15, -0.1) is 0 Å². The molecule has 4 nitrogen and oxygen atoms in total. The zero-order valence-corrected chi connectivity index (χ0v) is 11.6. The molecule has 1 aliphatic heterocycles. The molecule has 1 saturated heterocycles. The van der Waals surface area contributed by atoms with E-state index in [0.29, 0.717) is 0 Å². The number of hydrogen-bond donors (Lipinski definition) is 2. The predicted molar refractivity (Wildman–Crippen MR) is 79.4 cm³/mol. The summed E-state index contributed by atoms with van der Waals surface area (Å²) in [5, 5.41) is 2.97. The van der Waals surface area contributed by atoms with Crippen molar-refractivity contribution < 1.29 is 4.79 Å². The number of carbonyl (C=O) groups excluding carboxylic acids is 1. The summed E-state index contributed by atoms with van der Waals surface area (Å²) in [5.74, 6) is -0.0894. The Morgan fingerprint density at radius 1 is 1.37 bits per heavy atom. The van der Waals surface area contributed by atoms with Crippen molar-refractivity contribution in [3.05, 3.63) is 24.3 Å². The highest BCUT2D eigenvalue weighted by molar-refractivity contribution is 5.97. The molecule has 2 rings (SSSR count). The first-order chi connectivity index (χ1) is 9.22. The predicted octanol–water partition coefficient (Wildman–Crippen LogP) is 2.35. The fourth-order valence-electron chi connectivity index (χ4n) is 2.48. The van der Waals surface area contributed by atoms with Gasteiger partial charge in [0.2, 0.25) is 5.91 Å². The smallest absolute Gasteiger partial charge is 0.241 e. The molecule has 1 amide bonds.